The number of carbonyl (C=O) groups excluding carboxylic acids is 1. The number of nitrogens with zero attached hydrogens (tertiary/aromatic N) is 1. The van der Waals surface area contributed by atoms with Crippen LogP contribution in [0.15, 0.2) is 0 Å². The van der Waals surface area contributed by atoms with Gasteiger partial charge in [0.15, 0.2) is 0 Å². The maximum atomic E-state index is 10.9. The van der Waals surface area contributed by atoms with Gasteiger partial charge in [0.05, 0.1) is 19.8 Å². The first-order chi connectivity index (χ1) is 7.57. The maximum Gasteiger partial charge on any atom is 0.214 e. The summed E-state index contributed by atoms with van der Waals surface area (Å²) in [5.41, 5.74) is 0. The highest BCUT2D eigenvalue weighted by Crippen LogP contribution is 1.95. The van der Waals surface area contributed by atoms with Crippen LogP contribution < -0.4 is 0 Å². The topological polar surface area (TPSA) is 38.8 Å². The zero-order valence-corrected chi connectivity index (χ0v) is 11.5. The molecule has 0 fully saturated rings. The van der Waals surface area contributed by atoms with Crippen LogP contribution in [-0.4, -0.2) is 62.3 Å². The molecule has 0 heterocycles. The van der Waals surface area contributed by atoms with Gasteiger partial charge in [0.2, 0.25) is 5.12 Å². The average molecular weight is 249 g/mol. The predicted octanol–water partition coefficient (Wildman–Crippen LogP) is 1.25. The van der Waals surface area contributed by atoms with Crippen LogP contribution in [0.4, 0.5) is 0 Å². The fourth-order valence-electron chi connectivity index (χ4n) is 0.901. The first kappa shape index (κ1) is 15.9. The Morgan fingerprint density at radius 3 is 2.44 bits per heavy atom. The van der Waals surface area contributed by atoms with E-state index in [9.17, 15) is 4.79 Å². The molecule has 4 nitrogen and oxygen atoms in total. The fourth-order valence-corrected chi connectivity index (χ4v) is 1.10. The van der Waals surface area contributed by atoms with E-state index in [0.29, 0.717) is 25.9 Å². The van der Waals surface area contributed by atoms with E-state index in [2.05, 4.69) is 25.8 Å². The molecule has 0 rings (SSSR count). The Kier molecular flexibility index (Phi) is 10.0. The van der Waals surface area contributed by atoms with E-state index in [-0.39, 0.29) is 11.7 Å². The summed E-state index contributed by atoms with van der Waals surface area (Å²) in [6.45, 7) is 7.13. The van der Waals surface area contributed by atoms with Crippen molar-refractivity contribution in [2.75, 3.05) is 46.3 Å². The predicted molar refractivity (Wildman–Crippen MR) is 67.9 cm³/mol. The summed E-state index contributed by atoms with van der Waals surface area (Å²) in [5.74, 6) is 0. The molecule has 0 bridgehead atoms. The molecule has 0 radical (unpaired) electrons. The molecule has 0 N–H and O–H groups in total. The van der Waals surface area contributed by atoms with Crippen LogP contribution >= 0.6 is 11.8 Å². The summed E-state index contributed by atoms with van der Waals surface area (Å²) in [7, 11) is 2.07. The van der Waals surface area contributed by atoms with Crippen LogP contribution in [0.1, 0.15) is 13.8 Å². The second-order valence-corrected chi connectivity index (χ2v) is 4.68. The third-order valence-electron chi connectivity index (χ3n) is 2.29. The van der Waals surface area contributed by atoms with E-state index in [1.54, 1.807) is 6.26 Å². The Morgan fingerprint density at radius 1 is 1.25 bits per heavy atom. The molecule has 0 aromatic carbocycles. The monoisotopic (exact) mass is 249 g/mol. The van der Waals surface area contributed by atoms with E-state index >= 15 is 0 Å². The van der Waals surface area contributed by atoms with Crippen molar-refractivity contribution in [3.8, 4) is 0 Å². The van der Waals surface area contributed by atoms with Gasteiger partial charge < -0.3 is 14.4 Å². The molecule has 0 aromatic rings. The number of ether oxygens (including phenoxy) is 2. The minimum absolute atomic E-state index is 0.0551. The Bertz CT molecular complexity index is 188. The van der Waals surface area contributed by atoms with Gasteiger partial charge in [-0.15, -0.1) is 0 Å². The summed E-state index contributed by atoms with van der Waals surface area (Å²) >= 11 is 1.19. The quantitative estimate of drug-likeness (QED) is 0.575. The summed E-state index contributed by atoms with van der Waals surface area (Å²) in [5, 5.41) is 0.0551. The summed E-state index contributed by atoms with van der Waals surface area (Å²) in [6.07, 6.45) is 1.75. The zero-order valence-electron chi connectivity index (χ0n) is 10.7. The van der Waals surface area contributed by atoms with Gasteiger partial charge in [-0.25, -0.2) is 0 Å². The maximum absolute atomic E-state index is 10.9. The van der Waals surface area contributed by atoms with Gasteiger partial charge in [-0.05, 0) is 27.2 Å². The SMILES string of the molecule is CSC(=O)COCCOCCN(C)C(C)C. The third kappa shape index (κ3) is 9.15. The molecule has 5 heteroatoms. The fraction of sp³-hybridized carbons (Fsp3) is 0.909. The van der Waals surface area contributed by atoms with Gasteiger partial charge in [-0.3, -0.25) is 4.79 Å². The smallest absolute Gasteiger partial charge is 0.214 e. The second-order valence-electron chi connectivity index (χ2n) is 3.82. The van der Waals surface area contributed by atoms with Gasteiger partial charge in [0.25, 0.3) is 0 Å². The number of thioether (sulfide) groups is 1. The lowest BCUT2D eigenvalue weighted by Gasteiger charge is -2.20. The largest absolute Gasteiger partial charge is 0.378 e. The van der Waals surface area contributed by atoms with Crippen LogP contribution in [0.25, 0.3) is 0 Å². The van der Waals surface area contributed by atoms with Crippen molar-refractivity contribution in [2.45, 2.75) is 19.9 Å². The Balaban J connectivity index is 3.19. The molecule has 0 amide bonds. The average Bonchev–Trinajstić information content (AvgIpc) is 2.26. The Labute approximate surface area is 103 Å². The van der Waals surface area contributed by atoms with Crippen molar-refractivity contribution in [3.63, 3.8) is 0 Å². The number of carbonyl (C=O) groups is 1. The summed E-state index contributed by atoms with van der Waals surface area (Å²) in [4.78, 5) is 13.1. The van der Waals surface area contributed by atoms with Crippen LogP contribution in [0.2, 0.25) is 0 Å². The van der Waals surface area contributed by atoms with Gasteiger partial charge in [0.1, 0.15) is 6.61 Å². The van der Waals surface area contributed by atoms with Gasteiger partial charge in [-0.1, -0.05) is 11.8 Å². The number of hydrogen-bond acceptors (Lipinski definition) is 5. The van der Waals surface area contributed by atoms with Crippen LogP contribution in [0, 0.1) is 0 Å². The molecule has 0 saturated carbocycles. The van der Waals surface area contributed by atoms with Crippen molar-refractivity contribution in [3.05, 3.63) is 0 Å². The van der Waals surface area contributed by atoms with Gasteiger partial charge in [-0.2, -0.15) is 0 Å². The molecule has 16 heavy (non-hydrogen) atoms. The highest BCUT2D eigenvalue weighted by Gasteiger charge is 2.02. The van der Waals surface area contributed by atoms with E-state index in [1.165, 1.54) is 11.8 Å². The lowest BCUT2D eigenvalue weighted by molar-refractivity contribution is -0.115. The standard InChI is InChI=1S/C11H23NO3S/c1-10(2)12(3)5-6-14-7-8-15-9-11(13)16-4/h10H,5-9H2,1-4H3. The van der Waals surface area contributed by atoms with E-state index in [1.807, 2.05) is 0 Å². The number of hydrogen-bond donors (Lipinski definition) is 0. The summed E-state index contributed by atoms with van der Waals surface area (Å²) in [6, 6.07) is 0.541. The van der Waals surface area contributed by atoms with Crippen molar-refractivity contribution in [2.24, 2.45) is 0 Å². The molecular weight excluding hydrogens is 226 g/mol. The Morgan fingerprint density at radius 2 is 1.88 bits per heavy atom. The second kappa shape index (κ2) is 10.1. The first-order valence-electron chi connectivity index (χ1n) is 5.50. The molecule has 0 unspecified atom stereocenters. The highest BCUT2D eigenvalue weighted by atomic mass is 32.2. The van der Waals surface area contributed by atoms with E-state index < -0.39 is 0 Å². The highest BCUT2D eigenvalue weighted by molar-refractivity contribution is 8.13. The van der Waals surface area contributed by atoms with Crippen LogP contribution in [-0.2, 0) is 14.3 Å². The molecule has 0 saturated heterocycles. The Hall–Kier alpha value is -0.100. The normalized spacial score (nSPS) is 11.4. The van der Waals surface area contributed by atoms with Gasteiger partial charge in [0, 0.05) is 12.6 Å². The molecule has 0 atom stereocenters. The lowest BCUT2D eigenvalue weighted by atomic mass is 10.3. The van der Waals surface area contributed by atoms with Crippen molar-refractivity contribution < 1.29 is 14.3 Å². The molecule has 0 spiro atoms. The number of likely N-dealkylation sites (N-methyl/N-ethyl adjacent to an activating group) is 1. The van der Waals surface area contributed by atoms with Crippen molar-refractivity contribution >= 4 is 16.9 Å². The summed E-state index contributed by atoms with van der Waals surface area (Å²) < 4.78 is 10.5. The van der Waals surface area contributed by atoms with E-state index in [4.69, 9.17) is 9.47 Å². The lowest BCUT2D eigenvalue weighted by Crippen LogP contribution is -2.30. The third-order valence-corrected chi connectivity index (χ3v) is 2.86. The van der Waals surface area contributed by atoms with E-state index in [0.717, 1.165) is 6.54 Å². The van der Waals surface area contributed by atoms with Gasteiger partial charge >= 0.3 is 0 Å². The molecule has 0 aliphatic heterocycles. The van der Waals surface area contributed by atoms with Crippen LogP contribution in [0.3, 0.4) is 0 Å². The zero-order chi connectivity index (χ0) is 12.4. The molecule has 0 aromatic heterocycles. The molecule has 0 aliphatic carbocycles. The van der Waals surface area contributed by atoms with Crippen molar-refractivity contribution in [1.82, 2.24) is 4.90 Å². The first-order valence-corrected chi connectivity index (χ1v) is 6.73. The van der Waals surface area contributed by atoms with Crippen LogP contribution in [0.5, 0.6) is 0 Å². The molecule has 96 valence electrons. The van der Waals surface area contributed by atoms with Crippen molar-refractivity contribution in [1.29, 1.82) is 0 Å². The minimum Gasteiger partial charge on any atom is -0.378 e. The molecule has 0 aliphatic rings. The molecular formula is C11H23NO3S. The number of rotatable bonds is 9. The minimum atomic E-state index is 0.0551.